The number of likely N-dealkylation sites (tertiary alicyclic amines) is 1. The van der Waals surface area contributed by atoms with Crippen LogP contribution in [0.4, 0.5) is 0 Å². The topological polar surface area (TPSA) is 56.2 Å². The maximum atomic E-state index is 11.3. The van der Waals surface area contributed by atoms with E-state index in [0.717, 1.165) is 13.1 Å². The number of benzene rings is 2. The van der Waals surface area contributed by atoms with E-state index in [1.54, 1.807) is 0 Å². The van der Waals surface area contributed by atoms with E-state index in [1.807, 2.05) is 37.8 Å². The Labute approximate surface area is 180 Å². The molecule has 0 aliphatic carbocycles. The molecule has 1 heterocycles. The standard InChI is InChI=1S/C25H36N2O3/c1-24(2,3)30-23(28)27-16-14-25(29,15-17-27)20-26(18-21-10-6-4-7-11-21)19-22-12-8-5-9-13-22/h4-13,23,28-29H,14-20H2,1-3H3. The van der Waals surface area contributed by atoms with Gasteiger partial charge in [0.05, 0.1) is 11.2 Å². The lowest BCUT2D eigenvalue weighted by atomic mass is 9.90. The summed E-state index contributed by atoms with van der Waals surface area (Å²) in [6.07, 6.45) is 0.286. The van der Waals surface area contributed by atoms with Gasteiger partial charge in [-0.2, -0.15) is 0 Å². The van der Waals surface area contributed by atoms with Crippen molar-refractivity contribution in [1.82, 2.24) is 9.80 Å². The van der Waals surface area contributed by atoms with Crippen LogP contribution in [-0.2, 0) is 17.8 Å². The monoisotopic (exact) mass is 412 g/mol. The number of hydrogen-bond donors (Lipinski definition) is 2. The summed E-state index contributed by atoms with van der Waals surface area (Å²) in [5, 5.41) is 21.7. The Morgan fingerprint density at radius 2 is 1.40 bits per heavy atom. The minimum absolute atomic E-state index is 0.407. The number of rotatable bonds is 8. The van der Waals surface area contributed by atoms with Crippen LogP contribution in [-0.4, -0.2) is 57.3 Å². The van der Waals surface area contributed by atoms with Gasteiger partial charge in [0, 0.05) is 32.7 Å². The van der Waals surface area contributed by atoms with Gasteiger partial charge in [-0.15, -0.1) is 0 Å². The Morgan fingerprint density at radius 3 is 1.83 bits per heavy atom. The molecule has 0 amide bonds. The van der Waals surface area contributed by atoms with Crippen molar-refractivity contribution in [2.75, 3.05) is 19.6 Å². The van der Waals surface area contributed by atoms with Gasteiger partial charge in [0.2, 0.25) is 6.41 Å². The highest BCUT2D eigenvalue weighted by atomic mass is 16.6. The number of piperidine rings is 1. The summed E-state index contributed by atoms with van der Waals surface area (Å²) in [6, 6.07) is 20.8. The third-order valence-corrected chi connectivity index (χ3v) is 5.52. The van der Waals surface area contributed by atoms with Gasteiger partial charge in [-0.1, -0.05) is 60.7 Å². The van der Waals surface area contributed by atoms with Gasteiger partial charge < -0.3 is 14.9 Å². The fourth-order valence-electron chi connectivity index (χ4n) is 3.98. The third-order valence-electron chi connectivity index (χ3n) is 5.52. The molecule has 0 saturated carbocycles. The van der Waals surface area contributed by atoms with Crippen molar-refractivity contribution in [2.45, 2.75) is 64.3 Å². The summed E-state index contributed by atoms with van der Waals surface area (Å²) < 4.78 is 5.67. The Morgan fingerprint density at radius 1 is 0.933 bits per heavy atom. The second-order valence-corrected chi connectivity index (χ2v) is 9.43. The second-order valence-electron chi connectivity index (χ2n) is 9.43. The molecular formula is C25H36N2O3. The van der Waals surface area contributed by atoms with E-state index in [1.165, 1.54) is 11.1 Å². The molecule has 1 unspecified atom stereocenters. The molecule has 0 spiro atoms. The molecule has 1 aliphatic heterocycles. The van der Waals surface area contributed by atoms with Crippen LogP contribution >= 0.6 is 0 Å². The number of nitrogens with zero attached hydrogens (tertiary/aromatic N) is 2. The molecule has 1 aliphatic rings. The van der Waals surface area contributed by atoms with Crippen LogP contribution in [0.1, 0.15) is 44.7 Å². The van der Waals surface area contributed by atoms with Crippen molar-refractivity contribution in [2.24, 2.45) is 0 Å². The molecule has 30 heavy (non-hydrogen) atoms. The predicted octanol–water partition coefficient (Wildman–Crippen LogP) is 3.61. The minimum atomic E-state index is -0.931. The Hall–Kier alpha value is -1.76. The fourth-order valence-corrected chi connectivity index (χ4v) is 3.98. The summed E-state index contributed by atoms with van der Waals surface area (Å²) in [6.45, 7) is 9.19. The lowest BCUT2D eigenvalue weighted by molar-refractivity contribution is -0.249. The summed E-state index contributed by atoms with van der Waals surface area (Å²) in [5.41, 5.74) is 1.29. The maximum absolute atomic E-state index is 11.3. The zero-order chi connectivity index (χ0) is 21.6. The van der Waals surface area contributed by atoms with Crippen molar-refractivity contribution in [3.63, 3.8) is 0 Å². The van der Waals surface area contributed by atoms with Crippen molar-refractivity contribution in [3.8, 4) is 0 Å². The first kappa shape index (κ1) is 22.9. The van der Waals surface area contributed by atoms with Crippen LogP contribution in [0.3, 0.4) is 0 Å². The Balaban J connectivity index is 1.63. The summed E-state index contributed by atoms with van der Waals surface area (Å²) in [4.78, 5) is 4.22. The largest absolute Gasteiger partial charge is 0.388 e. The molecule has 2 aromatic rings. The first-order valence-electron chi connectivity index (χ1n) is 10.9. The molecular weight excluding hydrogens is 376 g/mol. The first-order valence-corrected chi connectivity index (χ1v) is 10.9. The van der Waals surface area contributed by atoms with Crippen LogP contribution in [0.5, 0.6) is 0 Å². The van der Waals surface area contributed by atoms with Gasteiger partial charge in [0.15, 0.2) is 0 Å². The second kappa shape index (κ2) is 10.0. The highest BCUT2D eigenvalue weighted by molar-refractivity contribution is 5.17. The quantitative estimate of drug-likeness (QED) is 0.649. The molecule has 0 aromatic heterocycles. The van der Waals surface area contributed by atoms with Crippen molar-refractivity contribution >= 4 is 0 Å². The molecule has 1 atom stereocenters. The zero-order valence-corrected chi connectivity index (χ0v) is 18.5. The molecule has 1 fully saturated rings. The SMILES string of the molecule is CC(C)(C)OC(O)N1CCC(O)(CN(Cc2ccccc2)Cc2ccccc2)CC1. The number of aliphatic hydroxyl groups excluding tert-OH is 1. The summed E-state index contributed by atoms with van der Waals surface area (Å²) >= 11 is 0. The third kappa shape index (κ3) is 7.18. The van der Waals surface area contributed by atoms with Crippen molar-refractivity contribution in [1.29, 1.82) is 0 Å². The number of ether oxygens (including phenoxy) is 1. The normalized spacial score (nSPS) is 18.5. The van der Waals surface area contributed by atoms with Gasteiger partial charge in [-0.3, -0.25) is 9.80 Å². The van der Waals surface area contributed by atoms with E-state index in [4.69, 9.17) is 4.74 Å². The van der Waals surface area contributed by atoms with Gasteiger partial charge in [0.1, 0.15) is 0 Å². The fraction of sp³-hybridized carbons (Fsp3) is 0.520. The average Bonchev–Trinajstić information content (AvgIpc) is 2.68. The number of hydrogen-bond acceptors (Lipinski definition) is 5. The van der Waals surface area contributed by atoms with Crippen molar-refractivity contribution < 1.29 is 14.9 Å². The lowest BCUT2D eigenvalue weighted by Crippen LogP contribution is -2.54. The van der Waals surface area contributed by atoms with E-state index < -0.39 is 17.6 Å². The first-order chi connectivity index (χ1) is 14.2. The van der Waals surface area contributed by atoms with Gasteiger partial charge >= 0.3 is 0 Å². The van der Waals surface area contributed by atoms with E-state index in [9.17, 15) is 10.2 Å². The molecule has 3 rings (SSSR count). The summed E-state index contributed by atoms with van der Waals surface area (Å²) in [5.74, 6) is 0. The average molecular weight is 413 g/mol. The van der Waals surface area contributed by atoms with Crippen LogP contribution in [0.15, 0.2) is 60.7 Å². The number of aliphatic hydroxyl groups is 2. The van der Waals surface area contributed by atoms with Crippen LogP contribution < -0.4 is 0 Å². The van der Waals surface area contributed by atoms with E-state index >= 15 is 0 Å². The van der Waals surface area contributed by atoms with Gasteiger partial charge in [-0.05, 0) is 44.7 Å². The zero-order valence-electron chi connectivity index (χ0n) is 18.5. The minimum Gasteiger partial charge on any atom is -0.388 e. The van der Waals surface area contributed by atoms with Gasteiger partial charge in [0.25, 0.3) is 0 Å². The van der Waals surface area contributed by atoms with E-state index in [2.05, 4.69) is 53.4 Å². The molecule has 5 nitrogen and oxygen atoms in total. The summed E-state index contributed by atoms with van der Waals surface area (Å²) in [7, 11) is 0. The van der Waals surface area contributed by atoms with Crippen LogP contribution in [0, 0.1) is 0 Å². The molecule has 0 radical (unpaired) electrons. The highest BCUT2D eigenvalue weighted by Crippen LogP contribution is 2.27. The molecule has 2 aromatic carbocycles. The van der Waals surface area contributed by atoms with E-state index in [0.29, 0.717) is 32.5 Å². The maximum Gasteiger partial charge on any atom is 0.216 e. The van der Waals surface area contributed by atoms with Crippen LogP contribution in [0.2, 0.25) is 0 Å². The van der Waals surface area contributed by atoms with Crippen molar-refractivity contribution in [3.05, 3.63) is 71.8 Å². The highest BCUT2D eigenvalue weighted by Gasteiger charge is 2.36. The van der Waals surface area contributed by atoms with Gasteiger partial charge in [-0.25, -0.2) is 0 Å². The predicted molar refractivity (Wildman–Crippen MR) is 120 cm³/mol. The molecule has 0 bridgehead atoms. The smallest absolute Gasteiger partial charge is 0.216 e. The molecule has 164 valence electrons. The van der Waals surface area contributed by atoms with Crippen LogP contribution in [0.25, 0.3) is 0 Å². The molecule has 1 saturated heterocycles. The van der Waals surface area contributed by atoms with E-state index in [-0.39, 0.29) is 0 Å². The molecule has 5 heteroatoms. The Bertz CT molecular complexity index is 711. The molecule has 2 N–H and O–H groups in total. The lowest BCUT2D eigenvalue weighted by Gasteiger charge is -2.43. The Kier molecular flexibility index (Phi) is 7.66.